The molecule has 2 N–H and O–H groups in total. The number of carboxylic acids is 1. The fourth-order valence-electron chi connectivity index (χ4n) is 8.70. The molecule has 4 aliphatic heterocycles. The van der Waals surface area contributed by atoms with Gasteiger partial charge in [-0.3, -0.25) is 19.2 Å². The Morgan fingerprint density at radius 3 is 2.42 bits per heavy atom. The first-order valence-corrected chi connectivity index (χ1v) is 13.8. The molecule has 4 heterocycles. The smallest absolute Gasteiger partial charge is 0.339 e. The van der Waals surface area contributed by atoms with E-state index >= 15 is 0 Å². The number of carbonyl (C=O) groups excluding carboxylic acids is 4. The number of rotatable bonds is 3. The third-order valence-corrected chi connectivity index (χ3v) is 10.4. The molecule has 40 heavy (non-hydrogen) atoms. The highest BCUT2D eigenvalue weighted by Crippen LogP contribution is 2.69. The Balaban J connectivity index is 1.39. The van der Waals surface area contributed by atoms with Crippen molar-refractivity contribution in [1.29, 1.82) is 0 Å². The molecular formula is C29H34O11. The van der Waals surface area contributed by atoms with Crippen LogP contribution in [0.5, 0.6) is 0 Å². The normalized spacial score (nSPS) is 46.9. The quantitative estimate of drug-likeness (QED) is 0.384. The number of allylic oxidation sites excluding steroid dienone is 2. The van der Waals surface area contributed by atoms with Crippen LogP contribution in [0.2, 0.25) is 0 Å². The molecule has 5 fully saturated rings. The molecule has 11 nitrogen and oxygen atoms in total. The molecule has 10 atom stereocenters. The van der Waals surface area contributed by atoms with E-state index in [1.165, 1.54) is 0 Å². The molecule has 0 aromatic carbocycles. The highest BCUT2D eigenvalue weighted by atomic mass is 16.6. The van der Waals surface area contributed by atoms with Crippen molar-refractivity contribution in [2.45, 2.75) is 89.3 Å². The molecule has 0 bridgehead atoms. The fraction of sp³-hybridized carbons (Fsp3) is 0.690. The summed E-state index contributed by atoms with van der Waals surface area (Å²) in [5.74, 6) is -7.33. The van der Waals surface area contributed by atoms with Gasteiger partial charge >= 0.3 is 23.9 Å². The Labute approximate surface area is 230 Å². The van der Waals surface area contributed by atoms with Crippen LogP contribution in [0, 0.1) is 35.0 Å². The number of hydrogen-bond donors (Lipinski definition) is 2. The highest BCUT2D eigenvalue weighted by Gasteiger charge is 2.80. The van der Waals surface area contributed by atoms with Crippen LogP contribution in [0.15, 0.2) is 23.5 Å². The lowest BCUT2D eigenvalue weighted by Gasteiger charge is -2.43. The molecule has 1 unspecified atom stereocenters. The first-order chi connectivity index (χ1) is 18.6. The summed E-state index contributed by atoms with van der Waals surface area (Å²) < 4.78 is 23.1. The molecule has 2 spiro atoms. The van der Waals surface area contributed by atoms with Gasteiger partial charge in [0.05, 0.1) is 17.9 Å². The Morgan fingerprint density at radius 2 is 1.80 bits per heavy atom. The van der Waals surface area contributed by atoms with Crippen molar-refractivity contribution >= 4 is 29.7 Å². The second-order valence-electron chi connectivity index (χ2n) is 13.1. The van der Waals surface area contributed by atoms with Gasteiger partial charge in [0.2, 0.25) is 17.0 Å². The zero-order valence-electron chi connectivity index (χ0n) is 23.1. The standard InChI is InChI=1S/C29H34O11/c1-12(8-14-9-13(2)23(34)37-14)20-21-24(35)40-28(17(30)11-27(20,21)5)15(22(32)33)6-7-16-26(3,4)38-18-10-19(31)39-29(16,18)25(28)36/h8-9,12,15-18,20-21,30H,6-7,10-11H2,1-5H3,(H,32,33)/b14-8+/t12-,15-,16-,17?,18+,20+,21+,27+,28+,29+/m0/s1. The summed E-state index contributed by atoms with van der Waals surface area (Å²) in [5.41, 5.74) is -5.60. The monoisotopic (exact) mass is 558 g/mol. The number of fused-ring (bicyclic) bond motifs is 1. The van der Waals surface area contributed by atoms with E-state index in [1.807, 2.05) is 6.92 Å². The van der Waals surface area contributed by atoms with Crippen LogP contribution >= 0.6 is 0 Å². The van der Waals surface area contributed by atoms with E-state index in [2.05, 4.69) is 0 Å². The average Bonchev–Trinajstić information content (AvgIpc) is 3.10. The van der Waals surface area contributed by atoms with Crippen molar-refractivity contribution in [1.82, 2.24) is 0 Å². The topological polar surface area (TPSA) is 163 Å². The maximum absolute atomic E-state index is 14.7. The van der Waals surface area contributed by atoms with Crippen LogP contribution in [0.25, 0.3) is 0 Å². The lowest BCUT2D eigenvalue weighted by molar-refractivity contribution is -0.205. The second-order valence-corrected chi connectivity index (χ2v) is 13.1. The third kappa shape index (κ3) is 3.33. The number of ketones is 1. The van der Waals surface area contributed by atoms with E-state index in [-0.39, 0.29) is 37.5 Å². The Morgan fingerprint density at radius 1 is 1.10 bits per heavy atom. The summed E-state index contributed by atoms with van der Waals surface area (Å²) in [6.45, 7) is 8.83. The van der Waals surface area contributed by atoms with E-state index in [1.54, 1.807) is 39.8 Å². The maximum atomic E-state index is 14.7. The first-order valence-electron chi connectivity index (χ1n) is 13.8. The summed E-state index contributed by atoms with van der Waals surface area (Å²) in [5, 5.41) is 22.1. The zero-order chi connectivity index (χ0) is 29.2. The summed E-state index contributed by atoms with van der Waals surface area (Å²) in [4.78, 5) is 65.4. The number of carbonyl (C=O) groups is 5. The van der Waals surface area contributed by atoms with Crippen LogP contribution in [-0.2, 0) is 42.9 Å². The SMILES string of the molecule is CC1=C/C(=C\[C@H](C)[C@@H]2[C@@H]3C(=O)O[C@@]4(C(=O)[C@]56OC(=O)C[C@H]5OC(C)(C)[C@@H]6CC[C@H]4C(=O)O)C(O)C[C@]23C)OC1=O. The van der Waals surface area contributed by atoms with Crippen LogP contribution in [0.3, 0.4) is 0 Å². The Bertz CT molecular complexity index is 1310. The van der Waals surface area contributed by atoms with Gasteiger partial charge in [-0.25, -0.2) is 4.79 Å². The van der Waals surface area contributed by atoms with Crippen LogP contribution in [0.4, 0.5) is 0 Å². The van der Waals surface area contributed by atoms with Gasteiger partial charge < -0.3 is 29.2 Å². The van der Waals surface area contributed by atoms with E-state index < -0.39 is 81.8 Å². The van der Waals surface area contributed by atoms with Crippen molar-refractivity contribution in [2.24, 2.45) is 35.0 Å². The molecule has 3 saturated heterocycles. The second kappa shape index (κ2) is 8.25. The lowest BCUT2D eigenvalue weighted by Crippen LogP contribution is -2.67. The zero-order valence-corrected chi connectivity index (χ0v) is 23.1. The first kappa shape index (κ1) is 27.1. The number of aliphatic hydroxyl groups excluding tert-OH is 1. The minimum atomic E-state index is -2.45. The molecule has 216 valence electrons. The van der Waals surface area contributed by atoms with Gasteiger partial charge in [0.25, 0.3) is 0 Å². The fourth-order valence-corrected chi connectivity index (χ4v) is 8.70. The van der Waals surface area contributed by atoms with Gasteiger partial charge in [-0.2, -0.15) is 0 Å². The molecule has 2 aliphatic carbocycles. The molecule has 0 radical (unpaired) electrons. The minimum Gasteiger partial charge on any atom is -0.481 e. The van der Waals surface area contributed by atoms with Crippen molar-refractivity contribution < 1.29 is 53.1 Å². The predicted octanol–water partition coefficient (Wildman–Crippen LogP) is 1.85. The van der Waals surface area contributed by atoms with E-state index in [0.717, 1.165) is 0 Å². The van der Waals surface area contributed by atoms with E-state index in [4.69, 9.17) is 18.9 Å². The number of esters is 3. The molecule has 11 heteroatoms. The molecular weight excluding hydrogens is 524 g/mol. The molecule has 0 amide bonds. The number of aliphatic hydroxyl groups is 1. The molecule has 6 rings (SSSR count). The van der Waals surface area contributed by atoms with E-state index in [0.29, 0.717) is 11.3 Å². The van der Waals surface area contributed by atoms with Gasteiger partial charge in [-0.05, 0) is 69.4 Å². The molecule has 6 aliphatic rings. The van der Waals surface area contributed by atoms with Gasteiger partial charge in [0.15, 0.2) is 0 Å². The van der Waals surface area contributed by atoms with Crippen molar-refractivity contribution in [3.05, 3.63) is 23.5 Å². The van der Waals surface area contributed by atoms with Crippen LogP contribution < -0.4 is 0 Å². The lowest BCUT2D eigenvalue weighted by atomic mass is 9.68. The van der Waals surface area contributed by atoms with Gasteiger partial charge in [0.1, 0.15) is 23.9 Å². The Hall–Kier alpha value is -3.05. The van der Waals surface area contributed by atoms with Gasteiger partial charge in [-0.1, -0.05) is 13.8 Å². The molecule has 2 saturated carbocycles. The van der Waals surface area contributed by atoms with Crippen molar-refractivity contribution in [3.8, 4) is 0 Å². The summed E-state index contributed by atoms with van der Waals surface area (Å²) in [6, 6.07) is 0. The maximum Gasteiger partial charge on any atom is 0.339 e. The number of Topliss-reactive ketones (excluding diaryl/α,β-unsaturated/α-hetero) is 1. The summed E-state index contributed by atoms with van der Waals surface area (Å²) in [7, 11) is 0. The van der Waals surface area contributed by atoms with Gasteiger partial charge in [0, 0.05) is 11.5 Å². The number of carboxylic acid groups (broad SMARTS) is 1. The highest BCUT2D eigenvalue weighted by molar-refractivity contribution is 6.05. The minimum absolute atomic E-state index is 0.0841. The largest absolute Gasteiger partial charge is 0.481 e. The summed E-state index contributed by atoms with van der Waals surface area (Å²) in [6.07, 6.45) is 0.490. The number of cyclic esters (lactones) is 1. The molecule has 0 aromatic rings. The van der Waals surface area contributed by atoms with E-state index in [9.17, 15) is 34.2 Å². The van der Waals surface area contributed by atoms with Gasteiger partial charge in [-0.15, -0.1) is 0 Å². The van der Waals surface area contributed by atoms with Crippen molar-refractivity contribution in [2.75, 3.05) is 0 Å². The summed E-state index contributed by atoms with van der Waals surface area (Å²) >= 11 is 0. The van der Waals surface area contributed by atoms with Crippen LogP contribution in [-0.4, -0.2) is 68.9 Å². The Kier molecular flexibility index (Phi) is 5.60. The number of ether oxygens (including phenoxy) is 4. The predicted molar refractivity (Wildman–Crippen MR) is 133 cm³/mol. The third-order valence-electron chi connectivity index (χ3n) is 10.4. The average molecular weight is 559 g/mol. The molecule has 0 aromatic heterocycles. The van der Waals surface area contributed by atoms with Crippen molar-refractivity contribution in [3.63, 3.8) is 0 Å². The van der Waals surface area contributed by atoms with Crippen LogP contribution in [0.1, 0.15) is 60.3 Å². The number of hydrogen-bond acceptors (Lipinski definition) is 10. The number of aliphatic carboxylic acids is 1.